The number of cyclic esters (lactones) is 1. The van der Waals surface area contributed by atoms with E-state index in [1.165, 1.54) is 34.2 Å². The Morgan fingerprint density at radius 2 is 2.21 bits per heavy atom. The average molecular weight is 530 g/mol. The third-order valence-corrected chi connectivity index (χ3v) is 5.50. The molecule has 1 aliphatic rings. The normalized spacial score (nSPS) is 16.4. The highest BCUT2D eigenvalue weighted by molar-refractivity contribution is 5.92. The molecule has 2 atom stereocenters. The third kappa shape index (κ3) is 7.02. The number of nitrogens with one attached hydrogen (secondary N) is 2. The molecule has 13 nitrogen and oxygen atoms in total. The van der Waals surface area contributed by atoms with Crippen LogP contribution in [0.5, 0.6) is 0 Å². The first-order valence-electron chi connectivity index (χ1n) is 11.5. The summed E-state index contributed by atoms with van der Waals surface area (Å²) in [4.78, 5) is 34.8. The molecule has 0 bridgehead atoms. The Kier molecular flexibility index (Phi) is 9.67. The number of aromatic nitrogens is 1. The topological polar surface area (TPSA) is 198 Å². The number of benzene rings is 1. The minimum Gasteiger partial charge on any atom is -0.515 e. The number of pyridine rings is 1. The van der Waals surface area contributed by atoms with Crippen LogP contribution in [0, 0.1) is 11.2 Å². The number of nitrogens with two attached hydrogens (primary N) is 1. The van der Waals surface area contributed by atoms with Crippen LogP contribution in [-0.2, 0) is 9.53 Å². The highest BCUT2D eigenvalue weighted by Crippen LogP contribution is 2.29. The van der Waals surface area contributed by atoms with Crippen LogP contribution in [0.25, 0.3) is 11.1 Å². The van der Waals surface area contributed by atoms with Crippen molar-refractivity contribution in [3.05, 3.63) is 54.7 Å². The number of amides is 2. The van der Waals surface area contributed by atoms with Crippen LogP contribution in [0.2, 0.25) is 0 Å². The molecule has 1 aromatic carbocycles. The fourth-order valence-electron chi connectivity index (χ4n) is 3.53. The van der Waals surface area contributed by atoms with Crippen LogP contribution in [0.3, 0.4) is 0 Å². The molecule has 14 heteroatoms. The van der Waals surface area contributed by atoms with E-state index in [9.17, 15) is 14.7 Å². The van der Waals surface area contributed by atoms with E-state index in [0.29, 0.717) is 17.1 Å². The lowest BCUT2D eigenvalue weighted by Gasteiger charge is -2.19. The second kappa shape index (κ2) is 13.1. The molecule has 2 amide bonds. The summed E-state index contributed by atoms with van der Waals surface area (Å²) in [6.07, 6.45) is 1.64. The van der Waals surface area contributed by atoms with Crippen LogP contribution >= 0.6 is 0 Å². The van der Waals surface area contributed by atoms with Gasteiger partial charge in [-0.25, -0.2) is 14.2 Å². The smallest absolute Gasteiger partial charge is 0.414 e. The molecule has 3 rings (SSSR count). The van der Waals surface area contributed by atoms with Gasteiger partial charge in [-0.1, -0.05) is 0 Å². The van der Waals surface area contributed by atoms with Gasteiger partial charge in [-0.15, -0.1) is 0 Å². The van der Waals surface area contributed by atoms with Crippen molar-refractivity contribution >= 4 is 35.7 Å². The Hall–Kier alpha value is -4.56. The van der Waals surface area contributed by atoms with Crippen molar-refractivity contribution in [3.63, 3.8) is 0 Å². The summed E-state index contributed by atoms with van der Waals surface area (Å²) >= 11 is 0. The van der Waals surface area contributed by atoms with E-state index in [0.717, 1.165) is 12.6 Å². The van der Waals surface area contributed by atoms with Crippen molar-refractivity contribution < 1.29 is 34.0 Å². The summed E-state index contributed by atoms with van der Waals surface area (Å²) in [5, 5.41) is 36.8. The summed E-state index contributed by atoms with van der Waals surface area (Å²) in [7, 11) is 0. The monoisotopic (exact) mass is 529 g/mol. The molecule has 2 heterocycles. The zero-order chi connectivity index (χ0) is 27.7. The molecule has 0 aliphatic carbocycles. The SMILES string of the molecule is N=CN(CCNC(=O)C(O)CO)c1ccc(-c2ccc(N3CC(CN=C(N)/C=C\O)OC3=O)cc2F)cn1. The summed E-state index contributed by atoms with van der Waals surface area (Å²) in [6, 6.07) is 7.51. The van der Waals surface area contributed by atoms with Gasteiger partial charge in [-0.3, -0.25) is 20.1 Å². The van der Waals surface area contributed by atoms with E-state index in [1.54, 1.807) is 18.2 Å². The van der Waals surface area contributed by atoms with Gasteiger partial charge in [0, 0.05) is 36.5 Å². The molecule has 38 heavy (non-hydrogen) atoms. The highest BCUT2D eigenvalue weighted by atomic mass is 19.1. The number of amidine groups is 1. The predicted octanol–water partition coefficient (Wildman–Crippen LogP) is 0.525. The number of aliphatic imine (C=N–C) groups is 1. The lowest BCUT2D eigenvalue weighted by Crippen LogP contribution is -2.41. The molecule has 0 saturated carbocycles. The first-order chi connectivity index (χ1) is 18.3. The highest BCUT2D eigenvalue weighted by Gasteiger charge is 2.32. The van der Waals surface area contributed by atoms with Gasteiger partial charge >= 0.3 is 6.09 Å². The van der Waals surface area contributed by atoms with Crippen molar-refractivity contribution in [1.29, 1.82) is 5.41 Å². The van der Waals surface area contributed by atoms with Gasteiger partial charge in [0.05, 0.1) is 38.0 Å². The fourth-order valence-corrected chi connectivity index (χ4v) is 3.53. The molecule has 0 radical (unpaired) electrons. The van der Waals surface area contributed by atoms with Gasteiger partial charge in [0.1, 0.15) is 23.6 Å². The number of anilines is 2. The van der Waals surface area contributed by atoms with E-state index in [-0.39, 0.29) is 37.6 Å². The van der Waals surface area contributed by atoms with Crippen molar-refractivity contribution in [2.24, 2.45) is 10.7 Å². The summed E-state index contributed by atoms with van der Waals surface area (Å²) in [6.45, 7) is -0.207. The molecule has 7 N–H and O–H groups in total. The van der Waals surface area contributed by atoms with Gasteiger partial charge < -0.3 is 36.0 Å². The predicted molar refractivity (Wildman–Crippen MR) is 138 cm³/mol. The van der Waals surface area contributed by atoms with E-state index in [2.05, 4.69) is 15.3 Å². The number of hydrogen-bond donors (Lipinski definition) is 6. The first kappa shape index (κ1) is 28.0. The zero-order valence-corrected chi connectivity index (χ0v) is 20.2. The van der Waals surface area contributed by atoms with Crippen molar-refractivity contribution in [2.45, 2.75) is 12.2 Å². The van der Waals surface area contributed by atoms with Crippen molar-refractivity contribution in [1.82, 2.24) is 10.3 Å². The number of rotatable bonds is 12. The number of halogens is 1. The fraction of sp³-hybridized carbons (Fsp3) is 0.292. The van der Waals surface area contributed by atoms with E-state index >= 15 is 4.39 Å². The molecule has 2 unspecified atom stereocenters. The minimum absolute atomic E-state index is 0.0745. The van der Waals surface area contributed by atoms with Crippen LogP contribution in [0.1, 0.15) is 0 Å². The first-order valence-corrected chi connectivity index (χ1v) is 11.5. The maximum atomic E-state index is 15.0. The Morgan fingerprint density at radius 3 is 2.84 bits per heavy atom. The number of carbonyl (C=O) groups excluding carboxylic acids is 2. The number of carbonyl (C=O) groups is 2. The summed E-state index contributed by atoms with van der Waals surface area (Å²) in [5.41, 5.74) is 6.58. The quantitative estimate of drug-likeness (QED) is 0.129. The lowest BCUT2D eigenvalue weighted by atomic mass is 10.1. The largest absolute Gasteiger partial charge is 0.515 e. The number of ether oxygens (including phenoxy) is 1. The van der Waals surface area contributed by atoms with E-state index in [1.807, 2.05) is 0 Å². The summed E-state index contributed by atoms with van der Waals surface area (Å²) in [5.74, 6) is -0.865. The van der Waals surface area contributed by atoms with Crippen molar-refractivity contribution in [3.8, 4) is 11.1 Å². The van der Waals surface area contributed by atoms with Crippen LogP contribution in [-0.4, -0.2) is 89.5 Å². The van der Waals surface area contributed by atoms with Gasteiger partial charge in [-0.2, -0.15) is 0 Å². The number of aliphatic hydroxyl groups is 3. The Morgan fingerprint density at radius 1 is 1.42 bits per heavy atom. The number of hydrogen-bond acceptors (Lipinski definition) is 9. The maximum Gasteiger partial charge on any atom is 0.414 e. The molecule has 1 fully saturated rings. The average Bonchev–Trinajstić information content (AvgIpc) is 3.30. The van der Waals surface area contributed by atoms with Crippen molar-refractivity contribution in [2.75, 3.05) is 42.6 Å². The molecule has 0 spiro atoms. The molecule has 1 aromatic heterocycles. The Labute approximate surface area is 217 Å². The molecular formula is C24H28FN7O6. The van der Waals surface area contributed by atoms with E-state index in [4.69, 9.17) is 26.1 Å². The molecular weight excluding hydrogens is 501 g/mol. The van der Waals surface area contributed by atoms with Crippen LogP contribution in [0.15, 0.2) is 53.9 Å². The standard InChI is InChI=1S/C24H28FN7O6/c25-19-9-16(32-12-17(38-24(32)37)11-29-21(27)5-8-33)2-3-18(19)15-1-4-22(30-10-15)31(14-26)7-6-28-23(36)20(35)13-34/h1-5,8-10,14,17,20,26,33-35H,6-7,11-13H2,(H2,27,29)(H,28,36)/b8-5-,26-14?. The Balaban J connectivity index is 1.64. The maximum absolute atomic E-state index is 15.0. The molecule has 1 aliphatic heterocycles. The van der Waals surface area contributed by atoms with Gasteiger partial charge in [0.25, 0.3) is 5.91 Å². The molecule has 202 valence electrons. The number of aliphatic hydroxyl groups excluding tert-OH is 3. The van der Waals surface area contributed by atoms with Crippen LogP contribution in [0.4, 0.5) is 20.7 Å². The van der Waals surface area contributed by atoms with Gasteiger partial charge in [0.2, 0.25) is 0 Å². The third-order valence-electron chi connectivity index (χ3n) is 5.50. The second-order valence-corrected chi connectivity index (χ2v) is 8.08. The zero-order valence-electron chi connectivity index (χ0n) is 20.2. The molecule has 1 saturated heterocycles. The second-order valence-electron chi connectivity index (χ2n) is 8.08. The van der Waals surface area contributed by atoms with Crippen LogP contribution < -0.4 is 20.9 Å². The summed E-state index contributed by atoms with van der Waals surface area (Å²) < 4.78 is 20.3. The minimum atomic E-state index is -1.52. The van der Waals surface area contributed by atoms with Gasteiger partial charge in [-0.05, 0) is 30.3 Å². The van der Waals surface area contributed by atoms with Gasteiger partial charge in [0.15, 0.2) is 6.10 Å². The lowest BCUT2D eigenvalue weighted by molar-refractivity contribution is -0.131. The number of nitrogens with zero attached hydrogens (tertiary/aromatic N) is 4. The Bertz CT molecular complexity index is 1210. The van der Waals surface area contributed by atoms with E-state index < -0.39 is 36.6 Å². The molecule has 2 aromatic rings.